The van der Waals surface area contributed by atoms with Crippen LogP contribution in [0.4, 0.5) is 0 Å². The summed E-state index contributed by atoms with van der Waals surface area (Å²) in [4.78, 5) is 13.1. The fourth-order valence-corrected chi connectivity index (χ4v) is 3.53. The number of ketones is 1. The molecule has 4 aromatic rings. The molecule has 0 radical (unpaired) electrons. The van der Waals surface area contributed by atoms with Gasteiger partial charge in [0, 0.05) is 18.2 Å². The first-order valence-corrected chi connectivity index (χ1v) is 9.30. The van der Waals surface area contributed by atoms with Gasteiger partial charge in [0.15, 0.2) is 12.4 Å². The van der Waals surface area contributed by atoms with Crippen molar-refractivity contribution in [2.75, 3.05) is 0 Å². The van der Waals surface area contributed by atoms with Crippen molar-refractivity contribution in [1.29, 1.82) is 0 Å². The van der Waals surface area contributed by atoms with E-state index in [0.717, 1.165) is 28.2 Å². The molecule has 27 heavy (non-hydrogen) atoms. The molecule has 0 aliphatic rings. The van der Waals surface area contributed by atoms with Crippen LogP contribution in [0.5, 0.6) is 0 Å². The number of carbonyl (C=O) groups is 1. The lowest BCUT2D eigenvalue weighted by atomic mass is 10.1. The molecule has 0 saturated carbocycles. The summed E-state index contributed by atoms with van der Waals surface area (Å²) >= 11 is 1.47. The summed E-state index contributed by atoms with van der Waals surface area (Å²) in [5.74, 6) is 0.119. The van der Waals surface area contributed by atoms with Crippen LogP contribution in [0.1, 0.15) is 20.9 Å². The molecule has 0 aliphatic heterocycles. The smallest absolute Gasteiger partial charge is 0.237 e. The Balaban J connectivity index is 0.00000210. The van der Waals surface area contributed by atoms with E-state index in [1.165, 1.54) is 16.9 Å². The van der Waals surface area contributed by atoms with Gasteiger partial charge in [0.1, 0.15) is 0 Å². The summed E-state index contributed by atoms with van der Waals surface area (Å²) in [6.07, 6.45) is 4.69. The van der Waals surface area contributed by atoms with Crippen molar-refractivity contribution in [3.8, 4) is 11.3 Å². The Morgan fingerprint density at radius 2 is 1.93 bits per heavy atom. The standard InChI is InChI=1S/C21H18N3OS.BrH/c25-20(21-9-5-11-26-21)15-24-10-4-8-17(14-24)19-13-18(22-23-19)12-16-6-2-1-3-7-16;/h1-11,13-14H,12,15H2,(H,22,23);1H/q+1;/p-1. The third-order valence-corrected chi connectivity index (χ3v) is 5.06. The fraction of sp³-hybridized carbons (Fsp3) is 0.0952. The largest absolute Gasteiger partial charge is 1.00 e. The number of nitrogens with zero attached hydrogens (tertiary/aromatic N) is 2. The highest BCUT2D eigenvalue weighted by molar-refractivity contribution is 7.12. The zero-order valence-electron chi connectivity index (χ0n) is 14.5. The molecule has 0 bridgehead atoms. The van der Waals surface area contributed by atoms with Crippen molar-refractivity contribution in [1.82, 2.24) is 10.2 Å². The van der Waals surface area contributed by atoms with Gasteiger partial charge in [-0.15, -0.1) is 11.3 Å². The number of hydrogen-bond donors (Lipinski definition) is 1. The predicted octanol–water partition coefficient (Wildman–Crippen LogP) is 0.903. The Hall–Kier alpha value is -2.57. The average Bonchev–Trinajstić information content (AvgIpc) is 3.35. The van der Waals surface area contributed by atoms with Gasteiger partial charge in [0.05, 0.1) is 16.1 Å². The van der Waals surface area contributed by atoms with Crippen molar-refractivity contribution in [2.24, 2.45) is 0 Å². The van der Waals surface area contributed by atoms with Gasteiger partial charge < -0.3 is 17.0 Å². The number of thiophene rings is 1. The highest BCUT2D eigenvalue weighted by atomic mass is 79.9. The van der Waals surface area contributed by atoms with E-state index >= 15 is 0 Å². The predicted molar refractivity (Wildman–Crippen MR) is 102 cm³/mol. The maximum Gasteiger partial charge on any atom is 0.237 e. The number of carbonyl (C=O) groups excluding carboxylic acids is 1. The molecule has 1 N–H and O–H groups in total. The van der Waals surface area contributed by atoms with Crippen LogP contribution >= 0.6 is 11.3 Å². The van der Waals surface area contributed by atoms with E-state index in [1.807, 2.05) is 64.8 Å². The minimum absolute atomic E-state index is 0. The van der Waals surface area contributed by atoms with Crippen molar-refractivity contribution in [2.45, 2.75) is 13.0 Å². The van der Waals surface area contributed by atoms with Crippen molar-refractivity contribution in [3.63, 3.8) is 0 Å². The average molecular weight is 440 g/mol. The highest BCUT2D eigenvalue weighted by Gasteiger charge is 2.15. The second-order valence-electron chi connectivity index (χ2n) is 6.11. The van der Waals surface area contributed by atoms with Gasteiger partial charge in [-0.1, -0.05) is 36.4 Å². The zero-order valence-corrected chi connectivity index (χ0v) is 16.9. The molecule has 0 atom stereocenters. The number of rotatable bonds is 6. The molecule has 4 rings (SSSR count). The Bertz CT molecular complexity index is 1010. The van der Waals surface area contributed by atoms with E-state index in [4.69, 9.17) is 0 Å². The molecule has 0 amide bonds. The monoisotopic (exact) mass is 439 g/mol. The number of hydrogen-bond acceptors (Lipinski definition) is 3. The van der Waals surface area contributed by atoms with Crippen LogP contribution in [-0.4, -0.2) is 16.0 Å². The molecule has 6 heteroatoms. The molecule has 0 unspecified atom stereocenters. The van der Waals surface area contributed by atoms with Gasteiger partial charge in [-0.25, -0.2) is 0 Å². The molecule has 0 saturated heterocycles. The van der Waals surface area contributed by atoms with Crippen LogP contribution in [0.2, 0.25) is 0 Å². The maximum absolute atomic E-state index is 12.3. The summed E-state index contributed by atoms with van der Waals surface area (Å²) < 4.78 is 1.91. The molecule has 0 aliphatic carbocycles. The first kappa shape index (κ1) is 19.2. The number of aromatic nitrogens is 3. The van der Waals surface area contributed by atoms with Gasteiger partial charge in [-0.05, 0) is 29.1 Å². The van der Waals surface area contributed by atoms with E-state index in [9.17, 15) is 4.79 Å². The second kappa shape index (κ2) is 8.88. The van der Waals surface area contributed by atoms with Crippen LogP contribution in [0.3, 0.4) is 0 Å². The molecule has 3 heterocycles. The van der Waals surface area contributed by atoms with Crippen LogP contribution in [0.25, 0.3) is 11.3 Å². The van der Waals surface area contributed by atoms with Crippen molar-refractivity contribution >= 4 is 17.1 Å². The van der Waals surface area contributed by atoms with Crippen LogP contribution in [-0.2, 0) is 13.0 Å². The normalized spacial score (nSPS) is 10.4. The van der Waals surface area contributed by atoms with Crippen LogP contribution in [0, 0.1) is 0 Å². The van der Waals surface area contributed by atoms with Gasteiger partial charge in [-0.3, -0.25) is 9.89 Å². The minimum atomic E-state index is 0. The molecular formula is C21H18BrN3OS. The Morgan fingerprint density at radius 1 is 1.07 bits per heavy atom. The summed E-state index contributed by atoms with van der Waals surface area (Å²) in [6.45, 7) is 0.329. The quantitative estimate of drug-likeness (QED) is 0.358. The lowest BCUT2D eigenvalue weighted by molar-refractivity contribution is -0.682. The molecule has 1 aromatic carbocycles. The van der Waals surface area contributed by atoms with E-state index in [-0.39, 0.29) is 22.8 Å². The third-order valence-electron chi connectivity index (χ3n) is 4.14. The Morgan fingerprint density at radius 3 is 2.70 bits per heavy atom. The van der Waals surface area contributed by atoms with Crippen molar-refractivity contribution in [3.05, 3.63) is 94.6 Å². The van der Waals surface area contributed by atoms with Gasteiger partial charge >= 0.3 is 0 Å². The molecular weight excluding hydrogens is 422 g/mol. The van der Waals surface area contributed by atoms with Crippen LogP contribution < -0.4 is 21.5 Å². The molecule has 0 spiro atoms. The number of H-pyrrole nitrogens is 1. The Kier molecular flexibility index (Phi) is 6.32. The SMILES string of the molecule is O=C(C[n+]1cccc(-c2cc(Cc3ccccc3)[nH]n2)c1)c1cccs1.[Br-]. The summed E-state index contributed by atoms with van der Waals surface area (Å²) in [5.41, 5.74) is 4.18. The molecule has 0 fully saturated rings. The number of nitrogens with one attached hydrogen (secondary N) is 1. The van der Waals surface area contributed by atoms with E-state index in [2.05, 4.69) is 28.4 Å². The van der Waals surface area contributed by atoms with Crippen molar-refractivity contribution < 1.29 is 26.3 Å². The van der Waals surface area contributed by atoms with Gasteiger partial charge in [0.2, 0.25) is 12.3 Å². The number of Topliss-reactive ketones (excluding diaryl/α,β-unsaturated/α-hetero) is 1. The zero-order chi connectivity index (χ0) is 17.8. The van der Waals surface area contributed by atoms with E-state index in [1.54, 1.807) is 0 Å². The Labute approximate surface area is 172 Å². The van der Waals surface area contributed by atoms with E-state index in [0.29, 0.717) is 6.54 Å². The number of halogens is 1. The number of benzene rings is 1. The lowest BCUT2D eigenvalue weighted by Crippen LogP contribution is -3.00. The van der Waals surface area contributed by atoms with E-state index < -0.39 is 0 Å². The third kappa shape index (κ3) is 4.78. The summed E-state index contributed by atoms with van der Waals surface area (Å²) in [7, 11) is 0. The highest BCUT2D eigenvalue weighted by Crippen LogP contribution is 2.17. The van der Waals surface area contributed by atoms with Crippen LogP contribution in [0.15, 0.2) is 78.4 Å². The lowest BCUT2D eigenvalue weighted by Gasteiger charge is -1.98. The number of aromatic amines is 1. The van der Waals surface area contributed by atoms with Gasteiger partial charge in [-0.2, -0.15) is 9.67 Å². The molecule has 4 nitrogen and oxygen atoms in total. The first-order valence-electron chi connectivity index (χ1n) is 8.42. The summed E-state index contributed by atoms with van der Waals surface area (Å²) in [6, 6.07) is 20.1. The topological polar surface area (TPSA) is 49.6 Å². The fourth-order valence-electron chi connectivity index (χ4n) is 2.87. The molecule has 136 valence electrons. The molecule has 3 aromatic heterocycles. The first-order chi connectivity index (χ1) is 12.8. The number of pyridine rings is 1. The summed E-state index contributed by atoms with van der Waals surface area (Å²) in [5, 5.41) is 9.47. The van der Waals surface area contributed by atoms with Gasteiger partial charge in [0.25, 0.3) is 0 Å². The minimum Gasteiger partial charge on any atom is -1.00 e. The maximum atomic E-state index is 12.3. The second-order valence-corrected chi connectivity index (χ2v) is 7.05.